The van der Waals surface area contributed by atoms with E-state index >= 15 is 0 Å². The van der Waals surface area contributed by atoms with Crippen LogP contribution >= 0.6 is 11.8 Å². The second-order valence-electron chi connectivity index (χ2n) is 1.82. The van der Waals surface area contributed by atoms with E-state index in [0.29, 0.717) is 11.8 Å². The number of hydrogen-bond acceptors (Lipinski definition) is 3. The Morgan fingerprint density at radius 1 is 1.67 bits per heavy atom. The molecule has 0 aromatic carbocycles. The van der Waals surface area contributed by atoms with E-state index in [-0.39, 0.29) is 6.54 Å². The molecule has 3 nitrogen and oxygen atoms in total. The lowest BCUT2D eigenvalue weighted by Gasteiger charge is -2.02. The molecular weight excluding hydrogens is 188 g/mol. The van der Waals surface area contributed by atoms with Crippen molar-refractivity contribution in [2.75, 3.05) is 12.3 Å². The average Bonchev–Trinajstić information content (AvgIpc) is 1.96. The van der Waals surface area contributed by atoms with Crippen LogP contribution in [0.2, 0.25) is 0 Å². The normalized spacial score (nSPS) is 12.2. The van der Waals surface area contributed by atoms with Crippen LogP contribution in [0.15, 0.2) is 11.0 Å². The molecule has 0 aromatic heterocycles. The van der Waals surface area contributed by atoms with Gasteiger partial charge >= 0.3 is 5.97 Å². The molecule has 70 valence electrons. The van der Waals surface area contributed by atoms with E-state index in [1.54, 1.807) is 0 Å². The second-order valence-corrected chi connectivity index (χ2v) is 2.99. The Morgan fingerprint density at radius 3 is 2.58 bits per heavy atom. The Labute approximate surface area is 72.6 Å². The van der Waals surface area contributed by atoms with Crippen LogP contribution in [0.1, 0.15) is 0 Å². The summed E-state index contributed by atoms with van der Waals surface area (Å²) in [6.07, 6.45) is -2.23. The van der Waals surface area contributed by atoms with Gasteiger partial charge in [0.1, 0.15) is 0 Å². The number of rotatable bonds is 5. The first kappa shape index (κ1) is 11.4. The minimum atomic E-state index is -2.74. The molecule has 0 aromatic rings. The summed E-state index contributed by atoms with van der Waals surface area (Å²) in [5, 5.41) is 8.18. The molecule has 0 unspecified atom stereocenters. The van der Waals surface area contributed by atoms with Crippen LogP contribution in [0.3, 0.4) is 0 Å². The van der Waals surface area contributed by atoms with Gasteiger partial charge in [-0.25, -0.2) is 13.6 Å². The predicted molar refractivity (Wildman–Crippen MR) is 43.2 cm³/mol. The molecule has 0 amide bonds. The van der Waals surface area contributed by atoms with Gasteiger partial charge in [0, 0.05) is 18.4 Å². The number of allylic oxidation sites excluding steroid dienone is 1. The highest BCUT2D eigenvalue weighted by atomic mass is 32.2. The van der Waals surface area contributed by atoms with E-state index in [1.165, 1.54) is 0 Å². The van der Waals surface area contributed by atoms with Gasteiger partial charge in [-0.05, 0) is 0 Å². The van der Waals surface area contributed by atoms with Crippen LogP contribution in [-0.2, 0) is 4.79 Å². The number of hydrogen-bond donors (Lipinski definition) is 2. The van der Waals surface area contributed by atoms with Gasteiger partial charge in [0.05, 0.1) is 4.91 Å². The molecular formula is C6H9F2NO2S. The summed E-state index contributed by atoms with van der Waals surface area (Å²) < 4.78 is 24.0. The molecule has 0 saturated heterocycles. The number of carboxylic acids is 1. The van der Waals surface area contributed by atoms with Crippen LogP contribution in [0.25, 0.3) is 0 Å². The molecule has 0 fully saturated rings. The molecule has 0 aliphatic carbocycles. The lowest BCUT2D eigenvalue weighted by atomic mass is 10.5. The number of carboxylic acid groups (broad SMARTS) is 1. The van der Waals surface area contributed by atoms with Gasteiger partial charge in [-0.3, -0.25) is 0 Å². The van der Waals surface area contributed by atoms with E-state index in [0.717, 1.165) is 11.8 Å². The third-order valence-corrected chi connectivity index (χ3v) is 1.94. The molecule has 6 heteroatoms. The third-order valence-electron chi connectivity index (χ3n) is 0.867. The molecule has 0 atom stereocenters. The fourth-order valence-corrected chi connectivity index (χ4v) is 1.13. The Hall–Kier alpha value is -0.620. The number of alkyl halides is 2. The largest absolute Gasteiger partial charge is 0.478 e. The summed E-state index contributed by atoms with van der Waals surface area (Å²) in [7, 11) is 0. The van der Waals surface area contributed by atoms with Crippen molar-refractivity contribution in [2.24, 2.45) is 5.73 Å². The second kappa shape index (κ2) is 5.96. The first-order chi connectivity index (χ1) is 5.57. The zero-order chi connectivity index (χ0) is 9.56. The summed E-state index contributed by atoms with van der Waals surface area (Å²) in [6.45, 7) is 0.244. The van der Waals surface area contributed by atoms with Crippen molar-refractivity contribution < 1.29 is 18.7 Å². The summed E-state index contributed by atoms with van der Waals surface area (Å²) in [6, 6.07) is 0. The van der Waals surface area contributed by atoms with Crippen LogP contribution < -0.4 is 5.73 Å². The molecule has 12 heavy (non-hydrogen) atoms. The SMILES string of the molecule is NCCS/C(=C\C(=O)O)C(F)F. The molecule has 0 bridgehead atoms. The van der Waals surface area contributed by atoms with Gasteiger partial charge in [-0.2, -0.15) is 0 Å². The summed E-state index contributed by atoms with van der Waals surface area (Å²) in [5.41, 5.74) is 5.07. The van der Waals surface area contributed by atoms with Crippen LogP contribution in [0.4, 0.5) is 8.78 Å². The van der Waals surface area contributed by atoms with Crippen LogP contribution in [-0.4, -0.2) is 29.8 Å². The van der Waals surface area contributed by atoms with Crippen molar-refractivity contribution in [3.8, 4) is 0 Å². The third kappa shape index (κ3) is 5.09. The molecule has 0 saturated carbocycles. The highest BCUT2D eigenvalue weighted by molar-refractivity contribution is 8.03. The van der Waals surface area contributed by atoms with Crippen molar-refractivity contribution in [1.29, 1.82) is 0 Å². The maximum Gasteiger partial charge on any atom is 0.329 e. The van der Waals surface area contributed by atoms with Gasteiger partial charge < -0.3 is 10.8 Å². The minimum absolute atomic E-state index is 0.244. The lowest BCUT2D eigenvalue weighted by Crippen LogP contribution is -2.05. The highest BCUT2D eigenvalue weighted by Gasteiger charge is 2.12. The maximum absolute atomic E-state index is 12.0. The van der Waals surface area contributed by atoms with E-state index in [4.69, 9.17) is 10.8 Å². The Balaban J connectivity index is 4.13. The monoisotopic (exact) mass is 197 g/mol. The zero-order valence-corrected chi connectivity index (χ0v) is 6.98. The molecule has 0 rings (SSSR count). The zero-order valence-electron chi connectivity index (χ0n) is 6.17. The molecule has 0 radical (unpaired) electrons. The van der Waals surface area contributed by atoms with E-state index in [9.17, 15) is 13.6 Å². The van der Waals surface area contributed by atoms with Crippen molar-refractivity contribution in [3.05, 3.63) is 11.0 Å². The molecule has 0 heterocycles. The van der Waals surface area contributed by atoms with Crippen molar-refractivity contribution in [3.63, 3.8) is 0 Å². The standard InChI is InChI=1S/C6H9F2NO2S/c7-6(8)4(3-5(10)11)12-2-1-9/h3,6H,1-2,9H2,(H,10,11)/b4-3-. The smallest absolute Gasteiger partial charge is 0.329 e. The van der Waals surface area contributed by atoms with Crippen LogP contribution in [0, 0.1) is 0 Å². The molecule has 0 aliphatic heterocycles. The van der Waals surface area contributed by atoms with Crippen molar-refractivity contribution in [2.45, 2.75) is 6.43 Å². The summed E-state index contributed by atoms with van der Waals surface area (Å²) in [4.78, 5) is 9.57. The van der Waals surface area contributed by atoms with Gasteiger partial charge in [-0.1, -0.05) is 0 Å². The molecule has 0 aliphatic rings. The Bertz CT molecular complexity index is 184. The topological polar surface area (TPSA) is 63.3 Å². The van der Waals surface area contributed by atoms with E-state index in [1.807, 2.05) is 0 Å². The van der Waals surface area contributed by atoms with Gasteiger partial charge in [0.15, 0.2) is 0 Å². The minimum Gasteiger partial charge on any atom is -0.478 e. The number of nitrogens with two attached hydrogens (primary N) is 1. The lowest BCUT2D eigenvalue weighted by molar-refractivity contribution is -0.131. The fraction of sp³-hybridized carbons (Fsp3) is 0.500. The quantitative estimate of drug-likeness (QED) is 0.643. The average molecular weight is 197 g/mol. The number of carbonyl (C=O) groups is 1. The number of aliphatic carboxylic acids is 1. The Kier molecular flexibility index (Phi) is 5.65. The summed E-state index contributed by atoms with van der Waals surface area (Å²) in [5.74, 6) is -1.07. The fourth-order valence-electron chi connectivity index (χ4n) is 0.466. The van der Waals surface area contributed by atoms with Gasteiger partial charge in [-0.15, -0.1) is 11.8 Å². The van der Waals surface area contributed by atoms with Gasteiger partial charge in [0.2, 0.25) is 0 Å². The first-order valence-electron chi connectivity index (χ1n) is 3.13. The maximum atomic E-state index is 12.0. The van der Waals surface area contributed by atoms with E-state index in [2.05, 4.69) is 0 Å². The number of thioether (sulfide) groups is 1. The molecule has 3 N–H and O–H groups in total. The van der Waals surface area contributed by atoms with Crippen molar-refractivity contribution >= 4 is 17.7 Å². The van der Waals surface area contributed by atoms with E-state index < -0.39 is 17.3 Å². The number of halogens is 2. The Morgan fingerprint density at radius 2 is 2.25 bits per heavy atom. The first-order valence-corrected chi connectivity index (χ1v) is 4.12. The van der Waals surface area contributed by atoms with Gasteiger partial charge in [0.25, 0.3) is 6.43 Å². The molecule has 0 spiro atoms. The summed E-state index contributed by atoms with van der Waals surface area (Å²) >= 11 is 0.763. The van der Waals surface area contributed by atoms with Crippen molar-refractivity contribution in [1.82, 2.24) is 0 Å². The highest BCUT2D eigenvalue weighted by Crippen LogP contribution is 2.22. The van der Waals surface area contributed by atoms with Crippen LogP contribution in [0.5, 0.6) is 0 Å². The predicted octanol–water partition coefficient (Wildman–Crippen LogP) is 0.912.